The third kappa shape index (κ3) is 14.2. The van der Waals surface area contributed by atoms with E-state index in [4.69, 9.17) is 9.47 Å². The molecule has 6 heteroatoms. The SMILES string of the molecule is Cc1cc(C)c(N(c2ccccc2)c2ccc(-c3cc4c5cccc6c5c(cc4c4ccccc34)-c3ccc(N(c4ccccc4)c4c(C)cc(C)cc4C)cc3O6)cc2)c(C)c1.c1ccc(-c2ccccc2N(c2ccccc2)c2ccc(-c3cc4c5cccc6c5c(cc4c4ccccc34)-c3ccc(N(c4ccccc4)c4ccccc4-c4ccccc4)cc3O6)cc2)cc1. The molecule has 0 radical (unpaired) electrons. The van der Waals surface area contributed by atoms with Crippen LogP contribution in [-0.2, 0) is 0 Å². The van der Waals surface area contributed by atoms with Crippen LogP contribution in [0.15, 0.2) is 449 Å². The molecule has 0 saturated heterocycles. The standard InChI is InChI=1S/C66H44N2O.C60H48N2O/c1-5-20-45(21-6-1)52-28-15-17-33-62(52)67(48-24-9-3-10-25-48)50-38-36-47(37-39-50)58-43-60-57-32-19-35-64-66(57)61(44-59(60)55-31-14-13-30-54(55)58)56-41-40-51(42-65(56)69-64)68(49-26-11-4-12-27-49)63-34-18-16-29-53(63)46-22-7-2-8-23-46;1-37-30-39(3)59(40(4)31-37)61(44-16-9-7-10-17-44)46-26-24-43(25-27-46)52-35-54-51-22-15-23-56-58(51)55(36-53(54)49-21-14-13-20-48(49)52)50-29-28-47(34-57(50)63-56)62(45-18-11-8-12-19-45)60-41(5)32-38(2)33-42(60)6/h1-44H;7-36H,1-6H3. The largest absolute Gasteiger partial charge is 0.456 e. The highest BCUT2D eigenvalue weighted by atomic mass is 16.5. The van der Waals surface area contributed by atoms with Crippen LogP contribution in [-0.4, -0.2) is 0 Å². The number of hydrogen-bond donors (Lipinski definition) is 0. The highest BCUT2D eigenvalue weighted by molar-refractivity contribution is 6.27. The molecule has 22 aromatic rings. The Balaban J connectivity index is 0.000000150. The highest BCUT2D eigenvalue weighted by Crippen LogP contribution is 2.57. The van der Waals surface area contributed by atoms with Gasteiger partial charge in [-0.15, -0.1) is 0 Å². The fraction of sp³-hybridized carbons (Fsp3) is 0.0476. The lowest BCUT2D eigenvalue weighted by Gasteiger charge is -2.30. The van der Waals surface area contributed by atoms with E-state index >= 15 is 0 Å². The van der Waals surface area contributed by atoms with Crippen LogP contribution in [0.3, 0.4) is 0 Å². The van der Waals surface area contributed by atoms with E-state index in [1.54, 1.807) is 0 Å². The Hall–Kier alpha value is -16.8. The molecule has 0 aliphatic carbocycles. The van der Waals surface area contributed by atoms with Gasteiger partial charge in [-0.3, -0.25) is 0 Å². The first-order valence-electron chi connectivity index (χ1n) is 45.5. The molecular weight excluding hydrogens is 1600 g/mol. The molecule has 0 unspecified atom stereocenters. The fourth-order valence-corrected chi connectivity index (χ4v) is 20.9. The van der Waals surface area contributed by atoms with Crippen LogP contribution >= 0.6 is 0 Å². The van der Waals surface area contributed by atoms with Crippen molar-refractivity contribution >= 4 is 133 Å². The van der Waals surface area contributed by atoms with Crippen LogP contribution in [0.2, 0.25) is 0 Å². The predicted molar refractivity (Wildman–Crippen MR) is 558 cm³/mol. The smallest absolute Gasteiger partial charge is 0.137 e. The molecule has 2 heterocycles. The zero-order valence-electron chi connectivity index (χ0n) is 74.3. The van der Waals surface area contributed by atoms with Gasteiger partial charge in [0.2, 0.25) is 0 Å². The summed E-state index contributed by atoms with van der Waals surface area (Å²) < 4.78 is 13.9. The van der Waals surface area contributed by atoms with Crippen LogP contribution in [0.25, 0.3) is 131 Å². The van der Waals surface area contributed by atoms with Crippen LogP contribution in [0.5, 0.6) is 23.0 Å². The average Bonchev–Trinajstić information content (AvgIpc) is 0.715. The number of anilines is 12. The molecular formula is C126H92N4O2. The first-order chi connectivity index (χ1) is 65.0. The molecule has 0 bridgehead atoms. The van der Waals surface area contributed by atoms with Gasteiger partial charge in [0.25, 0.3) is 0 Å². The summed E-state index contributed by atoms with van der Waals surface area (Å²) in [4.78, 5) is 9.47. The number of rotatable bonds is 16. The Morgan fingerprint density at radius 2 is 0.432 bits per heavy atom. The van der Waals surface area contributed by atoms with Gasteiger partial charge < -0.3 is 29.1 Å². The number of benzene rings is 22. The van der Waals surface area contributed by atoms with Crippen LogP contribution in [0.1, 0.15) is 33.4 Å². The maximum Gasteiger partial charge on any atom is 0.137 e. The maximum absolute atomic E-state index is 6.99. The van der Waals surface area contributed by atoms with E-state index < -0.39 is 0 Å². The van der Waals surface area contributed by atoms with Crippen molar-refractivity contribution in [1.29, 1.82) is 0 Å². The molecule has 0 atom stereocenters. The van der Waals surface area contributed by atoms with Gasteiger partial charge >= 0.3 is 0 Å². The van der Waals surface area contributed by atoms with Crippen molar-refractivity contribution in [2.75, 3.05) is 19.6 Å². The molecule has 628 valence electrons. The van der Waals surface area contributed by atoms with E-state index in [1.165, 1.54) is 143 Å². The monoisotopic (exact) mass is 1690 g/mol. The minimum absolute atomic E-state index is 0.835. The van der Waals surface area contributed by atoms with Gasteiger partial charge in [0, 0.05) is 90.7 Å². The summed E-state index contributed by atoms with van der Waals surface area (Å²) in [5, 5.41) is 14.4. The molecule has 0 aromatic heterocycles. The zero-order valence-corrected chi connectivity index (χ0v) is 74.3. The third-order valence-corrected chi connectivity index (χ3v) is 26.5. The van der Waals surface area contributed by atoms with Gasteiger partial charge in [-0.1, -0.05) is 302 Å². The normalized spacial score (nSPS) is 11.7. The lowest BCUT2D eigenvalue weighted by molar-refractivity contribution is 0.487. The van der Waals surface area contributed by atoms with E-state index in [2.05, 4.69) is 510 Å². The lowest BCUT2D eigenvalue weighted by atomic mass is 9.86. The minimum atomic E-state index is 0.835. The van der Waals surface area contributed by atoms with E-state index in [0.717, 1.165) is 113 Å². The maximum atomic E-state index is 6.99. The van der Waals surface area contributed by atoms with Crippen LogP contribution in [0.4, 0.5) is 68.2 Å². The summed E-state index contributed by atoms with van der Waals surface area (Å²) in [5.41, 5.74) is 34.9. The van der Waals surface area contributed by atoms with Gasteiger partial charge in [0.1, 0.15) is 23.0 Å². The molecule has 0 spiro atoms. The summed E-state index contributed by atoms with van der Waals surface area (Å²) in [6, 6.07) is 162. The summed E-state index contributed by atoms with van der Waals surface area (Å²) >= 11 is 0. The number of fused-ring (bicyclic) bond motifs is 12. The number of ether oxygens (including phenoxy) is 2. The number of aryl methyl sites for hydroxylation is 6. The van der Waals surface area contributed by atoms with Crippen LogP contribution < -0.4 is 29.1 Å². The first-order valence-corrected chi connectivity index (χ1v) is 45.5. The molecule has 0 saturated carbocycles. The second-order valence-electron chi connectivity index (χ2n) is 34.9. The number of hydrogen-bond acceptors (Lipinski definition) is 6. The van der Waals surface area contributed by atoms with E-state index in [9.17, 15) is 0 Å². The minimum Gasteiger partial charge on any atom is -0.456 e. The van der Waals surface area contributed by atoms with E-state index in [-0.39, 0.29) is 0 Å². The number of para-hydroxylation sites is 6. The molecule has 0 amide bonds. The van der Waals surface area contributed by atoms with Crippen molar-refractivity contribution in [3.8, 4) is 89.8 Å². The van der Waals surface area contributed by atoms with E-state index in [0.29, 0.717) is 0 Å². The van der Waals surface area contributed by atoms with Gasteiger partial charge in [0.15, 0.2) is 0 Å². The number of nitrogens with zero attached hydrogens (tertiary/aromatic N) is 4. The Morgan fingerprint density at radius 3 is 0.826 bits per heavy atom. The van der Waals surface area contributed by atoms with E-state index in [1.807, 2.05) is 0 Å². The first kappa shape index (κ1) is 79.8. The second-order valence-corrected chi connectivity index (χ2v) is 34.9. The summed E-state index contributed by atoms with van der Waals surface area (Å²) in [5.74, 6) is 3.43. The van der Waals surface area contributed by atoms with Crippen molar-refractivity contribution in [2.45, 2.75) is 41.5 Å². The summed E-state index contributed by atoms with van der Waals surface area (Å²) in [6.07, 6.45) is 0. The summed E-state index contributed by atoms with van der Waals surface area (Å²) in [6.45, 7) is 13.2. The predicted octanol–water partition coefficient (Wildman–Crippen LogP) is 36.2. The Labute approximate surface area is 770 Å². The molecule has 2 aliphatic heterocycles. The molecule has 22 aromatic carbocycles. The van der Waals surface area contributed by atoms with Gasteiger partial charge in [-0.2, -0.15) is 0 Å². The Morgan fingerprint density at radius 1 is 0.159 bits per heavy atom. The molecule has 0 fully saturated rings. The summed E-state index contributed by atoms with van der Waals surface area (Å²) in [7, 11) is 0. The van der Waals surface area contributed by atoms with Crippen LogP contribution in [0, 0.1) is 41.5 Å². The van der Waals surface area contributed by atoms with Gasteiger partial charge in [-0.05, 0) is 308 Å². The van der Waals surface area contributed by atoms with Crippen molar-refractivity contribution < 1.29 is 9.47 Å². The van der Waals surface area contributed by atoms with Gasteiger partial charge in [-0.25, -0.2) is 0 Å². The van der Waals surface area contributed by atoms with Gasteiger partial charge in [0.05, 0.1) is 22.7 Å². The Bertz CT molecular complexity index is 8200. The molecule has 132 heavy (non-hydrogen) atoms. The molecule has 0 N–H and O–H groups in total. The fourth-order valence-electron chi connectivity index (χ4n) is 20.9. The quantitative estimate of drug-likeness (QED) is 0.0897. The topological polar surface area (TPSA) is 31.4 Å². The zero-order chi connectivity index (χ0) is 88.6. The van der Waals surface area contributed by atoms with Crippen molar-refractivity contribution in [3.05, 3.63) is 482 Å². The molecule has 2 aliphatic rings. The lowest BCUT2D eigenvalue weighted by Crippen LogP contribution is -2.13. The third-order valence-electron chi connectivity index (χ3n) is 26.5. The average molecular weight is 1690 g/mol. The molecule has 24 rings (SSSR count). The van der Waals surface area contributed by atoms with Crippen molar-refractivity contribution in [3.63, 3.8) is 0 Å². The highest BCUT2D eigenvalue weighted by Gasteiger charge is 2.31. The van der Waals surface area contributed by atoms with Crippen molar-refractivity contribution in [2.24, 2.45) is 0 Å². The molecule has 6 nitrogen and oxygen atoms in total. The second kappa shape index (κ2) is 33.4. The van der Waals surface area contributed by atoms with Crippen molar-refractivity contribution in [1.82, 2.24) is 0 Å². The Kier molecular flexibility index (Phi) is 20.2.